The molecule has 2 fully saturated rings. The molecule has 0 atom stereocenters. The fourth-order valence-corrected chi connectivity index (χ4v) is 4.17. The van der Waals surface area contributed by atoms with E-state index in [1.54, 1.807) is 0 Å². The van der Waals surface area contributed by atoms with Crippen LogP contribution in [-0.2, 0) is 14.9 Å². The maximum Gasteiger partial charge on any atom is 0.280 e. The van der Waals surface area contributed by atoms with Crippen molar-refractivity contribution < 1.29 is 13.2 Å². The highest BCUT2D eigenvalue weighted by Crippen LogP contribution is 2.27. The topological polar surface area (TPSA) is 82.4 Å². The van der Waals surface area contributed by atoms with Crippen LogP contribution in [-0.4, -0.2) is 44.6 Å². The van der Waals surface area contributed by atoms with Crippen molar-refractivity contribution in [2.24, 2.45) is 0 Å². The molecule has 0 radical (unpaired) electrons. The van der Waals surface area contributed by atoms with E-state index in [4.69, 9.17) is 4.74 Å². The zero-order valence-corrected chi connectivity index (χ0v) is 11.9. The molecule has 1 aliphatic carbocycles. The van der Waals surface area contributed by atoms with Crippen LogP contribution in [0.5, 0.6) is 0 Å². The van der Waals surface area contributed by atoms with Crippen molar-refractivity contribution in [3.63, 3.8) is 0 Å². The molecule has 2 rings (SSSR count). The number of hydrogen-bond donors (Lipinski definition) is 1. The summed E-state index contributed by atoms with van der Waals surface area (Å²) in [5.41, 5.74) is -0.923. The SMILES string of the molecule is N#CC1(NS(=O)(=O)N2CCOCC2)CCCCCC1. The lowest BCUT2D eigenvalue weighted by Gasteiger charge is -2.32. The van der Waals surface area contributed by atoms with Gasteiger partial charge in [-0.15, -0.1) is 0 Å². The number of nitrogens with one attached hydrogen (secondary N) is 1. The fraction of sp³-hybridized carbons (Fsp3) is 0.917. The van der Waals surface area contributed by atoms with E-state index in [0.717, 1.165) is 25.7 Å². The number of rotatable bonds is 3. The average Bonchev–Trinajstić information content (AvgIpc) is 2.65. The Morgan fingerprint density at radius 3 is 2.21 bits per heavy atom. The molecule has 7 heteroatoms. The number of nitriles is 1. The summed E-state index contributed by atoms with van der Waals surface area (Å²) < 4.78 is 33.9. The van der Waals surface area contributed by atoms with Crippen LogP contribution in [0.1, 0.15) is 38.5 Å². The van der Waals surface area contributed by atoms with E-state index >= 15 is 0 Å². The second-order valence-corrected chi connectivity index (χ2v) is 6.90. The maximum absolute atomic E-state index is 12.3. The van der Waals surface area contributed by atoms with Crippen molar-refractivity contribution in [3.05, 3.63) is 0 Å². The number of hydrogen-bond acceptors (Lipinski definition) is 4. The van der Waals surface area contributed by atoms with Gasteiger partial charge in [-0.2, -0.15) is 22.7 Å². The molecule has 0 aromatic carbocycles. The van der Waals surface area contributed by atoms with Gasteiger partial charge >= 0.3 is 0 Å². The van der Waals surface area contributed by atoms with Crippen molar-refractivity contribution in [3.8, 4) is 6.07 Å². The van der Waals surface area contributed by atoms with Crippen molar-refractivity contribution in [2.45, 2.75) is 44.1 Å². The molecule has 19 heavy (non-hydrogen) atoms. The van der Waals surface area contributed by atoms with E-state index in [9.17, 15) is 13.7 Å². The third kappa shape index (κ3) is 3.66. The zero-order valence-electron chi connectivity index (χ0n) is 11.1. The molecule has 1 heterocycles. The molecule has 0 amide bonds. The minimum atomic E-state index is -3.59. The molecule has 1 N–H and O–H groups in total. The van der Waals surface area contributed by atoms with Crippen LogP contribution in [0.15, 0.2) is 0 Å². The Balaban J connectivity index is 2.10. The Hall–Kier alpha value is -0.680. The molecule has 0 spiro atoms. The molecule has 1 aliphatic heterocycles. The van der Waals surface area contributed by atoms with Crippen LogP contribution in [0.2, 0.25) is 0 Å². The van der Waals surface area contributed by atoms with Gasteiger partial charge in [-0.05, 0) is 12.8 Å². The second kappa shape index (κ2) is 6.18. The number of ether oxygens (including phenoxy) is 1. The first-order chi connectivity index (χ1) is 9.08. The van der Waals surface area contributed by atoms with Crippen molar-refractivity contribution >= 4 is 10.2 Å². The predicted molar refractivity (Wildman–Crippen MR) is 70.5 cm³/mol. The number of nitrogens with zero attached hydrogens (tertiary/aromatic N) is 2. The van der Waals surface area contributed by atoms with E-state index in [0.29, 0.717) is 39.1 Å². The molecule has 6 nitrogen and oxygen atoms in total. The maximum atomic E-state index is 12.3. The van der Waals surface area contributed by atoms with Gasteiger partial charge < -0.3 is 4.74 Å². The molecule has 1 saturated carbocycles. The molecule has 0 aromatic rings. The number of morpholine rings is 1. The van der Waals surface area contributed by atoms with Gasteiger partial charge in [-0.1, -0.05) is 25.7 Å². The highest BCUT2D eigenvalue weighted by Gasteiger charge is 2.37. The summed E-state index contributed by atoms with van der Waals surface area (Å²) in [7, 11) is -3.59. The van der Waals surface area contributed by atoms with Gasteiger partial charge in [0.15, 0.2) is 0 Å². The predicted octanol–water partition coefficient (Wildman–Crippen LogP) is 0.770. The van der Waals surface area contributed by atoms with Crippen molar-refractivity contribution in [2.75, 3.05) is 26.3 Å². The highest BCUT2D eigenvalue weighted by atomic mass is 32.2. The van der Waals surface area contributed by atoms with Gasteiger partial charge in [-0.25, -0.2) is 0 Å². The summed E-state index contributed by atoms with van der Waals surface area (Å²) in [6.07, 6.45) is 5.16. The molecule has 108 valence electrons. The van der Waals surface area contributed by atoms with Gasteiger partial charge in [0.1, 0.15) is 5.54 Å². The van der Waals surface area contributed by atoms with Crippen LogP contribution < -0.4 is 4.72 Å². The van der Waals surface area contributed by atoms with Crippen LogP contribution >= 0.6 is 0 Å². The minimum Gasteiger partial charge on any atom is -0.379 e. The standard InChI is InChI=1S/C12H21N3O3S/c13-11-12(5-3-1-2-4-6-12)14-19(16,17)15-7-9-18-10-8-15/h14H,1-10H2. The summed E-state index contributed by atoms with van der Waals surface area (Å²) >= 11 is 0. The molecule has 2 aliphatic rings. The van der Waals surface area contributed by atoms with Crippen LogP contribution in [0, 0.1) is 11.3 Å². The van der Waals surface area contributed by atoms with E-state index < -0.39 is 15.7 Å². The third-order valence-corrected chi connectivity index (χ3v) is 5.50. The Labute approximate surface area is 114 Å². The Morgan fingerprint density at radius 2 is 1.68 bits per heavy atom. The molecule has 0 aromatic heterocycles. The van der Waals surface area contributed by atoms with E-state index in [-0.39, 0.29) is 0 Å². The Kier molecular flexibility index (Phi) is 4.79. The van der Waals surface area contributed by atoms with Gasteiger partial charge in [0.05, 0.1) is 19.3 Å². The molecular weight excluding hydrogens is 266 g/mol. The largest absolute Gasteiger partial charge is 0.379 e. The summed E-state index contributed by atoms with van der Waals surface area (Å²) in [5.74, 6) is 0. The first-order valence-corrected chi connectivity index (χ1v) is 8.30. The smallest absolute Gasteiger partial charge is 0.280 e. The molecule has 1 saturated heterocycles. The quantitative estimate of drug-likeness (QED) is 0.777. The van der Waals surface area contributed by atoms with Gasteiger partial charge in [0.2, 0.25) is 0 Å². The van der Waals surface area contributed by atoms with E-state index in [1.807, 2.05) is 0 Å². The lowest BCUT2D eigenvalue weighted by atomic mass is 9.94. The monoisotopic (exact) mass is 287 g/mol. The lowest BCUT2D eigenvalue weighted by molar-refractivity contribution is 0.0720. The normalized spacial score (nSPS) is 25.4. The first kappa shape index (κ1) is 14.7. The van der Waals surface area contributed by atoms with Crippen molar-refractivity contribution in [1.29, 1.82) is 5.26 Å². The Morgan fingerprint density at radius 1 is 1.11 bits per heavy atom. The third-order valence-electron chi connectivity index (χ3n) is 3.81. The van der Waals surface area contributed by atoms with E-state index in [1.165, 1.54) is 4.31 Å². The van der Waals surface area contributed by atoms with Crippen LogP contribution in [0.4, 0.5) is 0 Å². The highest BCUT2D eigenvalue weighted by molar-refractivity contribution is 7.87. The van der Waals surface area contributed by atoms with Gasteiger partial charge in [0, 0.05) is 13.1 Å². The minimum absolute atomic E-state index is 0.358. The van der Waals surface area contributed by atoms with Gasteiger partial charge in [0.25, 0.3) is 10.2 Å². The van der Waals surface area contributed by atoms with E-state index in [2.05, 4.69) is 10.8 Å². The first-order valence-electron chi connectivity index (χ1n) is 6.86. The summed E-state index contributed by atoms with van der Waals surface area (Å²) in [6, 6.07) is 2.20. The average molecular weight is 287 g/mol. The van der Waals surface area contributed by atoms with Crippen LogP contribution in [0.25, 0.3) is 0 Å². The van der Waals surface area contributed by atoms with Crippen molar-refractivity contribution in [1.82, 2.24) is 9.03 Å². The lowest BCUT2D eigenvalue weighted by Crippen LogP contribution is -2.54. The molecule has 0 unspecified atom stereocenters. The Bertz CT molecular complexity index is 430. The fourth-order valence-electron chi connectivity index (χ4n) is 2.67. The molecular formula is C12H21N3O3S. The summed E-state index contributed by atoms with van der Waals surface area (Å²) in [5, 5.41) is 9.41. The van der Waals surface area contributed by atoms with Crippen LogP contribution in [0.3, 0.4) is 0 Å². The second-order valence-electron chi connectivity index (χ2n) is 5.23. The summed E-state index contributed by atoms with van der Waals surface area (Å²) in [4.78, 5) is 0. The molecule has 0 bridgehead atoms. The van der Waals surface area contributed by atoms with Gasteiger partial charge in [-0.3, -0.25) is 0 Å². The summed E-state index contributed by atoms with van der Waals surface area (Å²) in [6.45, 7) is 1.55. The zero-order chi connectivity index (χ0) is 13.8.